The monoisotopic (exact) mass is 395 g/mol. The van der Waals surface area contributed by atoms with Crippen LogP contribution in [0.15, 0.2) is 54.7 Å². The molecule has 0 amide bonds. The molecule has 0 N–H and O–H groups in total. The summed E-state index contributed by atoms with van der Waals surface area (Å²) in [5, 5.41) is 1.92. The van der Waals surface area contributed by atoms with Crippen molar-refractivity contribution in [1.29, 1.82) is 0 Å². The Morgan fingerprint density at radius 3 is 2.28 bits per heavy atom. The van der Waals surface area contributed by atoms with Gasteiger partial charge in [-0.25, -0.2) is 4.79 Å². The molecule has 0 aliphatic carbocycles. The summed E-state index contributed by atoms with van der Waals surface area (Å²) in [5.74, 6) is -0.125. The fourth-order valence-electron chi connectivity index (χ4n) is 3.08. The summed E-state index contributed by atoms with van der Waals surface area (Å²) in [6.07, 6.45) is 7.25. The average Bonchev–Trinajstić information content (AvgIpc) is 3.01. The number of esters is 1. The Morgan fingerprint density at radius 1 is 1.14 bits per heavy atom. The lowest BCUT2D eigenvalue weighted by molar-refractivity contribution is 0.0600. The van der Waals surface area contributed by atoms with Crippen molar-refractivity contribution >= 4 is 35.1 Å². The molecule has 0 saturated heterocycles. The van der Waals surface area contributed by atoms with Crippen LogP contribution in [0.5, 0.6) is 0 Å². The molecule has 1 aromatic heterocycles. The average molecular weight is 395 g/mol. The quantitative estimate of drug-likeness (QED) is 0.568. The van der Waals surface area contributed by atoms with Crippen LogP contribution >= 0.6 is 0 Å². The number of hydrogen-bond acceptors (Lipinski definition) is 4. The molecule has 154 valence electrons. The number of rotatable bonds is 5. The maximum Gasteiger partial charge on any atom is 0.337 e. The Balaban J connectivity index is 0.00000204. The molecule has 0 bridgehead atoms. The molecule has 0 saturated carbocycles. The Kier molecular flexibility index (Phi) is 8.87. The molecule has 0 unspecified atom stereocenters. The van der Waals surface area contributed by atoms with Crippen molar-refractivity contribution in [2.24, 2.45) is 0 Å². The van der Waals surface area contributed by atoms with E-state index in [1.165, 1.54) is 18.6 Å². The van der Waals surface area contributed by atoms with Gasteiger partial charge in [0.05, 0.1) is 35.9 Å². The van der Waals surface area contributed by atoms with E-state index < -0.39 is 5.97 Å². The van der Waals surface area contributed by atoms with E-state index in [1.807, 2.05) is 39.0 Å². The summed E-state index contributed by atoms with van der Waals surface area (Å²) in [7, 11) is 2.88. The first kappa shape index (κ1) is 23.7. The molecule has 0 aliphatic heterocycles. The Hall–Kier alpha value is -3.34. The van der Waals surface area contributed by atoms with Gasteiger partial charge in [-0.2, -0.15) is 0 Å². The maximum absolute atomic E-state index is 12.3. The number of fused-ring (bicyclic) bond motifs is 1. The van der Waals surface area contributed by atoms with Crippen molar-refractivity contribution in [1.82, 2.24) is 4.57 Å². The van der Waals surface area contributed by atoms with Crippen LogP contribution in [0.2, 0.25) is 0 Å². The van der Waals surface area contributed by atoms with Gasteiger partial charge in [-0.3, -0.25) is 9.36 Å². The molecule has 0 fully saturated rings. The van der Waals surface area contributed by atoms with Crippen LogP contribution < -0.4 is 10.6 Å². The van der Waals surface area contributed by atoms with E-state index in [9.17, 15) is 9.59 Å². The molecule has 0 aliphatic rings. The summed E-state index contributed by atoms with van der Waals surface area (Å²) in [4.78, 5) is 24.2. The van der Waals surface area contributed by atoms with Crippen molar-refractivity contribution in [3.63, 3.8) is 0 Å². The predicted octanol–water partition coefficient (Wildman–Crippen LogP) is 3.97. The van der Waals surface area contributed by atoms with Gasteiger partial charge in [0.15, 0.2) is 0 Å². The van der Waals surface area contributed by atoms with Crippen molar-refractivity contribution in [3.05, 3.63) is 70.8 Å². The maximum atomic E-state index is 12.3. The molecule has 0 atom stereocenters. The Bertz CT molecular complexity index is 1080. The number of allylic oxidation sites excluding steroid dienone is 3. The molecule has 5 heteroatoms. The highest BCUT2D eigenvalue weighted by Gasteiger charge is 2.17. The van der Waals surface area contributed by atoms with E-state index in [4.69, 9.17) is 9.47 Å². The van der Waals surface area contributed by atoms with E-state index in [-0.39, 0.29) is 5.91 Å². The van der Waals surface area contributed by atoms with Crippen LogP contribution in [0.4, 0.5) is 0 Å². The van der Waals surface area contributed by atoms with Gasteiger partial charge < -0.3 is 9.47 Å². The van der Waals surface area contributed by atoms with Crippen LogP contribution in [0.25, 0.3) is 23.2 Å². The van der Waals surface area contributed by atoms with Gasteiger partial charge in [-0.15, -0.1) is 0 Å². The largest absolute Gasteiger partial charge is 0.495 e. The van der Waals surface area contributed by atoms with Gasteiger partial charge >= 0.3 is 5.97 Å². The van der Waals surface area contributed by atoms with Crippen LogP contribution in [0.3, 0.4) is 0 Å². The van der Waals surface area contributed by atoms with Crippen LogP contribution in [0, 0.1) is 0 Å². The minimum absolute atomic E-state index is 0.214. The minimum Gasteiger partial charge on any atom is -0.495 e. The molecule has 0 spiro atoms. The van der Waals surface area contributed by atoms with Crippen LogP contribution in [0.1, 0.15) is 42.8 Å². The molecule has 5 nitrogen and oxygen atoms in total. The lowest BCUT2D eigenvalue weighted by Crippen LogP contribution is -2.32. The molecule has 2 rings (SSSR count). The zero-order valence-electron chi connectivity index (χ0n) is 18.0. The first-order valence-electron chi connectivity index (χ1n) is 9.38. The van der Waals surface area contributed by atoms with E-state index in [1.54, 1.807) is 31.4 Å². The van der Waals surface area contributed by atoms with E-state index in [2.05, 4.69) is 13.2 Å². The van der Waals surface area contributed by atoms with Gasteiger partial charge in [0.25, 0.3) is 0 Å². The third-order valence-corrected chi connectivity index (χ3v) is 4.14. The number of methoxy groups -OCH3 is 2. The zero-order valence-corrected chi connectivity index (χ0v) is 18.0. The van der Waals surface area contributed by atoms with Gasteiger partial charge in [-0.1, -0.05) is 57.4 Å². The predicted molar refractivity (Wildman–Crippen MR) is 119 cm³/mol. The van der Waals surface area contributed by atoms with Gasteiger partial charge in [0.1, 0.15) is 5.76 Å². The van der Waals surface area contributed by atoms with Crippen LogP contribution in [-0.4, -0.2) is 30.7 Å². The van der Waals surface area contributed by atoms with E-state index in [0.29, 0.717) is 27.4 Å². The fraction of sp³-hybridized carbons (Fsp3) is 0.250. The van der Waals surface area contributed by atoms with Gasteiger partial charge in [-0.05, 0) is 19.1 Å². The SMILES string of the molecule is C=C/C=C(\C=C/C)C(/OC)=c1\c(=C)n(C(C)=O)c2cc(C(=O)OC)ccc12.CC. The van der Waals surface area contributed by atoms with Crippen molar-refractivity contribution in [2.75, 3.05) is 14.2 Å². The second kappa shape index (κ2) is 10.9. The highest BCUT2D eigenvalue weighted by Crippen LogP contribution is 2.18. The summed E-state index contributed by atoms with van der Waals surface area (Å²) in [6, 6.07) is 5.05. The molecular formula is C24H29NO4. The first-order valence-corrected chi connectivity index (χ1v) is 9.38. The second-order valence-corrected chi connectivity index (χ2v) is 5.79. The van der Waals surface area contributed by atoms with Crippen molar-refractivity contribution in [3.8, 4) is 0 Å². The zero-order chi connectivity index (χ0) is 22.1. The molecule has 1 aromatic carbocycles. The minimum atomic E-state index is -0.475. The fourth-order valence-corrected chi connectivity index (χ4v) is 3.08. The second-order valence-electron chi connectivity index (χ2n) is 5.79. The smallest absolute Gasteiger partial charge is 0.337 e. The standard InChI is InChI=1S/C22H23NO4.C2H6/c1-7-9-16(10-8-2)21(26-5)20-14(3)23(15(4)24)19-13-17(22(25)27-6)11-12-18(19)20;1-2/h7-13H,1,3H2,2,4-6H3;1-2H3/b10-8-,16-9+,21-20-;. The number of ether oxygens (including phenoxy) is 2. The lowest BCUT2D eigenvalue weighted by Gasteiger charge is -2.07. The highest BCUT2D eigenvalue weighted by molar-refractivity contribution is 5.99. The first-order chi connectivity index (χ1) is 13.9. The molecule has 1 heterocycles. The molecule has 29 heavy (non-hydrogen) atoms. The van der Waals surface area contributed by atoms with E-state index in [0.717, 1.165) is 11.0 Å². The number of carbonyl (C=O) groups excluding carboxylic acids is 2. The van der Waals surface area contributed by atoms with E-state index >= 15 is 0 Å². The number of benzene rings is 1. The number of hydrogen-bond donors (Lipinski definition) is 0. The summed E-state index contributed by atoms with van der Waals surface area (Å²) < 4.78 is 11.9. The lowest BCUT2D eigenvalue weighted by atomic mass is 10.1. The van der Waals surface area contributed by atoms with Gasteiger partial charge in [0.2, 0.25) is 5.91 Å². The third-order valence-electron chi connectivity index (χ3n) is 4.14. The summed E-state index contributed by atoms with van der Waals surface area (Å²) >= 11 is 0. The summed E-state index contributed by atoms with van der Waals surface area (Å²) in [5.41, 5.74) is 1.71. The topological polar surface area (TPSA) is 57.5 Å². The molecular weight excluding hydrogens is 366 g/mol. The van der Waals surface area contributed by atoms with Crippen LogP contribution in [-0.2, 0) is 9.47 Å². The third kappa shape index (κ3) is 4.74. The normalized spacial score (nSPS) is 12.3. The number of aromatic nitrogens is 1. The van der Waals surface area contributed by atoms with Crippen molar-refractivity contribution in [2.45, 2.75) is 27.7 Å². The van der Waals surface area contributed by atoms with Gasteiger partial charge in [0, 0.05) is 17.9 Å². The highest BCUT2D eigenvalue weighted by atomic mass is 16.5. The summed E-state index contributed by atoms with van der Waals surface area (Å²) in [6.45, 7) is 15.2. The number of nitrogens with zero attached hydrogens (tertiary/aromatic N) is 1. The Morgan fingerprint density at radius 2 is 1.79 bits per heavy atom. The molecule has 2 aromatic rings. The van der Waals surface area contributed by atoms with Crippen molar-refractivity contribution < 1.29 is 19.1 Å². The Labute approximate surface area is 171 Å². The molecule has 0 radical (unpaired) electrons. The number of carbonyl (C=O) groups is 2.